The zero-order chi connectivity index (χ0) is 15.7. The van der Waals surface area contributed by atoms with Gasteiger partial charge in [0.1, 0.15) is 0 Å². The molecule has 22 heavy (non-hydrogen) atoms. The molecule has 0 aromatic heterocycles. The third-order valence-corrected chi connectivity index (χ3v) is 7.67. The van der Waals surface area contributed by atoms with Crippen molar-refractivity contribution in [3.63, 3.8) is 0 Å². The van der Waals surface area contributed by atoms with Gasteiger partial charge in [-0.3, -0.25) is 4.79 Å². The van der Waals surface area contributed by atoms with E-state index >= 15 is 0 Å². The van der Waals surface area contributed by atoms with Gasteiger partial charge in [0.25, 0.3) is 0 Å². The van der Waals surface area contributed by atoms with Crippen molar-refractivity contribution in [3.8, 4) is 0 Å². The van der Waals surface area contributed by atoms with E-state index in [2.05, 4.69) is 13.8 Å². The van der Waals surface area contributed by atoms with Crippen molar-refractivity contribution in [1.82, 2.24) is 0 Å². The number of allylic oxidation sites excluding steroid dienone is 1. The molecule has 0 aromatic rings. The quantitative estimate of drug-likeness (QED) is 0.723. The molecule has 5 unspecified atom stereocenters. The number of carbonyl (C=O) groups is 1. The maximum Gasteiger partial charge on any atom is 0.159 e. The summed E-state index contributed by atoms with van der Waals surface area (Å²) < 4.78 is 0. The van der Waals surface area contributed by atoms with Crippen molar-refractivity contribution < 1.29 is 15.0 Å². The lowest BCUT2D eigenvalue weighted by Crippen LogP contribution is -2.52. The minimum atomic E-state index is -0.272. The number of hydrogen-bond acceptors (Lipinski definition) is 3. The van der Waals surface area contributed by atoms with Crippen molar-refractivity contribution >= 4 is 5.78 Å². The Balaban J connectivity index is 1.74. The summed E-state index contributed by atoms with van der Waals surface area (Å²) in [5.74, 6) is 1.13. The minimum absolute atomic E-state index is 0.0900. The predicted molar refractivity (Wildman–Crippen MR) is 84.1 cm³/mol. The molecule has 0 bridgehead atoms. The van der Waals surface area contributed by atoms with Gasteiger partial charge < -0.3 is 10.2 Å². The molecule has 4 aliphatic rings. The molecule has 0 radical (unpaired) electrons. The fourth-order valence-corrected chi connectivity index (χ4v) is 6.41. The Morgan fingerprint density at radius 3 is 2.64 bits per heavy atom. The van der Waals surface area contributed by atoms with E-state index in [0.717, 1.165) is 38.5 Å². The van der Waals surface area contributed by atoms with Gasteiger partial charge in [0.15, 0.2) is 5.78 Å². The highest BCUT2D eigenvalue weighted by molar-refractivity contribution is 5.94. The highest BCUT2D eigenvalue weighted by Gasteiger charge is 2.59. The Bertz CT molecular complexity index is 539. The normalized spacial score (nSPS) is 54.3. The molecule has 0 spiro atoms. The summed E-state index contributed by atoms with van der Waals surface area (Å²) in [6, 6.07) is 0. The van der Waals surface area contributed by atoms with Crippen LogP contribution in [-0.4, -0.2) is 28.2 Å². The summed E-state index contributed by atoms with van der Waals surface area (Å²) in [5, 5.41) is 20.2. The summed E-state index contributed by atoms with van der Waals surface area (Å²) >= 11 is 0. The van der Waals surface area contributed by atoms with Gasteiger partial charge >= 0.3 is 0 Å². The molecule has 0 saturated heterocycles. The molecule has 3 saturated carbocycles. The fourth-order valence-electron chi connectivity index (χ4n) is 6.41. The Labute approximate surface area is 132 Å². The number of fused-ring (bicyclic) bond motifs is 5. The van der Waals surface area contributed by atoms with Crippen LogP contribution in [0.5, 0.6) is 0 Å². The molecular formula is C19H28O3. The summed E-state index contributed by atoms with van der Waals surface area (Å²) in [4.78, 5) is 12.9. The van der Waals surface area contributed by atoms with E-state index in [1.54, 1.807) is 0 Å². The predicted octanol–water partition coefficient (Wildman–Crippen LogP) is 2.85. The number of aliphatic hydroxyl groups is 2. The van der Waals surface area contributed by atoms with E-state index in [1.165, 1.54) is 5.57 Å². The second-order valence-corrected chi connectivity index (χ2v) is 8.91. The molecule has 3 nitrogen and oxygen atoms in total. The third kappa shape index (κ3) is 1.91. The SMILES string of the molecule is C[C@]12CCC3C(C(=O)C=C4CC(O)CC[C@@]43C)C1CC(O)C2. The van der Waals surface area contributed by atoms with E-state index in [0.29, 0.717) is 18.3 Å². The van der Waals surface area contributed by atoms with E-state index in [-0.39, 0.29) is 34.7 Å². The van der Waals surface area contributed by atoms with Crippen LogP contribution in [0.15, 0.2) is 11.6 Å². The molecule has 3 fully saturated rings. The van der Waals surface area contributed by atoms with Gasteiger partial charge in [0, 0.05) is 5.92 Å². The van der Waals surface area contributed by atoms with Crippen LogP contribution in [-0.2, 0) is 4.79 Å². The zero-order valence-corrected chi connectivity index (χ0v) is 13.7. The Kier molecular flexibility index (Phi) is 3.16. The van der Waals surface area contributed by atoms with Gasteiger partial charge in [0.05, 0.1) is 12.2 Å². The topological polar surface area (TPSA) is 57.5 Å². The number of hydrogen-bond donors (Lipinski definition) is 2. The number of ketones is 1. The minimum Gasteiger partial charge on any atom is -0.393 e. The van der Waals surface area contributed by atoms with Crippen molar-refractivity contribution in [3.05, 3.63) is 11.6 Å². The highest BCUT2D eigenvalue weighted by Crippen LogP contribution is 2.63. The number of aliphatic hydroxyl groups excluding tert-OH is 2. The first kappa shape index (κ1) is 14.9. The van der Waals surface area contributed by atoms with Crippen molar-refractivity contribution in [2.75, 3.05) is 0 Å². The molecule has 7 atom stereocenters. The van der Waals surface area contributed by atoms with Crippen LogP contribution >= 0.6 is 0 Å². The fraction of sp³-hybridized carbons (Fsp3) is 0.842. The largest absolute Gasteiger partial charge is 0.393 e. The maximum atomic E-state index is 12.9. The van der Waals surface area contributed by atoms with Gasteiger partial charge in [-0.1, -0.05) is 19.4 Å². The van der Waals surface area contributed by atoms with Crippen LogP contribution in [0, 0.1) is 28.6 Å². The lowest BCUT2D eigenvalue weighted by Gasteiger charge is -2.56. The molecule has 0 amide bonds. The molecule has 3 heteroatoms. The van der Waals surface area contributed by atoms with Gasteiger partial charge in [0.2, 0.25) is 0 Å². The smallest absolute Gasteiger partial charge is 0.159 e. The first-order valence-electron chi connectivity index (χ1n) is 8.94. The first-order chi connectivity index (χ1) is 10.3. The number of carbonyl (C=O) groups excluding carboxylic acids is 1. The Hall–Kier alpha value is -0.670. The summed E-state index contributed by atoms with van der Waals surface area (Å²) in [6.07, 6.45) is 7.80. The molecule has 122 valence electrons. The standard InChI is InChI=1S/C19H28O3/c1-18-5-4-14-17(15(18)9-13(21)10-18)16(22)8-11-7-12(20)3-6-19(11,14)2/h8,12-15,17,20-21H,3-7,9-10H2,1-2H3/t12?,13?,14?,15?,17?,18-,19+/m1/s1. The molecule has 4 rings (SSSR count). The summed E-state index contributed by atoms with van der Waals surface area (Å²) in [7, 11) is 0. The first-order valence-corrected chi connectivity index (χ1v) is 8.94. The zero-order valence-electron chi connectivity index (χ0n) is 13.7. The third-order valence-electron chi connectivity index (χ3n) is 7.67. The maximum absolute atomic E-state index is 12.9. The van der Waals surface area contributed by atoms with Crippen LogP contribution in [0.1, 0.15) is 58.8 Å². The Morgan fingerprint density at radius 1 is 1.09 bits per heavy atom. The van der Waals surface area contributed by atoms with Gasteiger partial charge in [-0.15, -0.1) is 0 Å². The average Bonchev–Trinajstić information content (AvgIpc) is 2.75. The van der Waals surface area contributed by atoms with Gasteiger partial charge in [-0.2, -0.15) is 0 Å². The van der Waals surface area contributed by atoms with Crippen molar-refractivity contribution in [1.29, 1.82) is 0 Å². The second kappa shape index (κ2) is 4.67. The molecule has 4 aliphatic carbocycles. The average molecular weight is 304 g/mol. The highest BCUT2D eigenvalue weighted by atomic mass is 16.3. The molecule has 0 aromatic carbocycles. The van der Waals surface area contributed by atoms with Crippen LogP contribution < -0.4 is 0 Å². The van der Waals surface area contributed by atoms with E-state index in [4.69, 9.17) is 0 Å². The Morgan fingerprint density at radius 2 is 1.86 bits per heavy atom. The van der Waals surface area contributed by atoms with Gasteiger partial charge in [-0.25, -0.2) is 0 Å². The molecule has 0 heterocycles. The number of rotatable bonds is 0. The van der Waals surface area contributed by atoms with Crippen molar-refractivity contribution in [2.24, 2.45) is 28.6 Å². The molecule has 0 aliphatic heterocycles. The van der Waals surface area contributed by atoms with E-state index in [9.17, 15) is 15.0 Å². The van der Waals surface area contributed by atoms with Crippen LogP contribution in [0.25, 0.3) is 0 Å². The van der Waals surface area contributed by atoms with Crippen molar-refractivity contribution in [2.45, 2.75) is 71.0 Å². The van der Waals surface area contributed by atoms with Crippen LogP contribution in [0.4, 0.5) is 0 Å². The van der Waals surface area contributed by atoms with Crippen LogP contribution in [0.3, 0.4) is 0 Å². The van der Waals surface area contributed by atoms with Gasteiger partial charge in [-0.05, 0) is 73.7 Å². The summed E-state index contributed by atoms with van der Waals surface area (Å²) in [5.41, 5.74) is 1.43. The lowest BCUT2D eigenvalue weighted by molar-refractivity contribution is -0.133. The molecule has 2 N–H and O–H groups in total. The second-order valence-electron chi connectivity index (χ2n) is 8.91. The monoisotopic (exact) mass is 304 g/mol. The summed E-state index contributed by atoms with van der Waals surface area (Å²) in [6.45, 7) is 4.60. The van der Waals surface area contributed by atoms with E-state index < -0.39 is 0 Å². The molecular weight excluding hydrogens is 276 g/mol. The van der Waals surface area contributed by atoms with E-state index in [1.807, 2.05) is 6.08 Å². The van der Waals surface area contributed by atoms with Crippen LogP contribution in [0.2, 0.25) is 0 Å². The lowest BCUT2D eigenvalue weighted by atomic mass is 9.48.